The highest BCUT2D eigenvalue weighted by Crippen LogP contribution is 2.14. The van der Waals surface area contributed by atoms with Crippen molar-refractivity contribution in [2.24, 2.45) is 0 Å². The van der Waals surface area contributed by atoms with Gasteiger partial charge >= 0.3 is 0 Å². The van der Waals surface area contributed by atoms with Gasteiger partial charge in [-0.25, -0.2) is 4.98 Å². The Bertz CT molecular complexity index is 442. The molecule has 0 fully saturated rings. The molecule has 0 bridgehead atoms. The van der Waals surface area contributed by atoms with Gasteiger partial charge in [-0.1, -0.05) is 30.1 Å². The van der Waals surface area contributed by atoms with Gasteiger partial charge in [-0.15, -0.1) is 0 Å². The Labute approximate surface area is 96.8 Å². The molecular formula is C9H10Cl2N2O2. The van der Waals surface area contributed by atoms with Crippen molar-refractivity contribution in [1.29, 1.82) is 0 Å². The summed E-state index contributed by atoms with van der Waals surface area (Å²) in [6.07, 6.45) is 1.83. The van der Waals surface area contributed by atoms with E-state index in [0.717, 1.165) is 0 Å². The third kappa shape index (κ3) is 2.58. The molecule has 1 unspecified atom stereocenters. The van der Waals surface area contributed by atoms with Crippen molar-refractivity contribution < 1.29 is 4.79 Å². The Morgan fingerprint density at radius 2 is 2.20 bits per heavy atom. The molecule has 0 saturated carbocycles. The lowest BCUT2D eigenvalue weighted by atomic mass is 10.1. The highest BCUT2D eigenvalue weighted by molar-refractivity contribution is 6.32. The molecule has 0 aliphatic rings. The molecular weight excluding hydrogens is 239 g/mol. The molecule has 6 heteroatoms. The quantitative estimate of drug-likeness (QED) is 0.824. The zero-order valence-corrected chi connectivity index (χ0v) is 9.84. The molecule has 82 valence electrons. The number of aromatic nitrogens is 2. The maximum absolute atomic E-state index is 11.6. The van der Waals surface area contributed by atoms with Crippen molar-refractivity contribution in [3.63, 3.8) is 0 Å². The van der Waals surface area contributed by atoms with Crippen LogP contribution >= 0.6 is 23.2 Å². The van der Waals surface area contributed by atoms with Gasteiger partial charge < -0.3 is 0 Å². The highest BCUT2D eigenvalue weighted by Gasteiger charge is 2.17. The Kier molecular flexibility index (Phi) is 3.88. The molecule has 0 aliphatic heterocycles. The van der Waals surface area contributed by atoms with E-state index in [4.69, 9.17) is 23.2 Å². The summed E-state index contributed by atoms with van der Waals surface area (Å²) in [5.41, 5.74) is -0.497. The summed E-state index contributed by atoms with van der Waals surface area (Å²) < 4.78 is 1.22. The topological polar surface area (TPSA) is 52.0 Å². The van der Waals surface area contributed by atoms with Crippen LogP contribution in [0.25, 0.3) is 0 Å². The first-order chi connectivity index (χ1) is 6.97. The van der Waals surface area contributed by atoms with Gasteiger partial charge in [0.2, 0.25) is 0 Å². The van der Waals surface area contributed by atoms with Crippen LogP contribution < -0.4 is 5.56 Å². The van der Waals surface area contributed by atoms with Crippen molar-refractivity contribution >= 4 is 29.0 Å². The minimum atomic E-state index is -0.532. The summed E-state index contributed by atoms with van der Waals surface area (Å²) in [4.78, 5) is 26.5. The standard InChI is InChI=1S/C9H10Cl2N2O2/c1-3-6(5(2)14)13-4-7(10)12-8(11)9(13)15/h4,6H,3H2,1-2H3. The number of rotatable bonds is 3. The second kappa shape index (κ2) is 4.77. The molecule has 4 nitrogen and oxygen atoms in total. The average molecular weight is 249 g/mol. The monoisotopic (exact) mass is 248 g/mol. The van der Waals surface area contributed by atoms with Crippen LogP contribution in [-0.4, -0.2) is 15.3 Å². The van der Waals surface area contributed by atoms with E-state index in [2.05, 4.69) is 4.98 Å². The number of Topliss-reactive ketones (excluding diaryl/α,β-unsaturated/α-hetero) is 1. The fourth-order valence-electron chi connectivity index (χ4n) is 1.36. The predicted molar refractivity (Wildman–Crippen MR) is 58.5 cm³/mol. The third-order valence-corrected chi connectivity index (χ3v) is 2.48. The van der Waals surface area contributed by atoms with Crippen LogP contribution in [0.15, 0.2) is 11.0 Å². The molecule has 0 aromatic carbocycles. The summed E-state index contributed by atoms with van der Waals surface area (Å²) in [6, 6.07) is -0.532. The zero-order valence-electron chi connectivity index (χ0n) is 8.33. The van der Waals surface area contributed by atoms with E-state index in [9.17, 15) is 9.59 Å². The minimum absolute atomic E-state index is 0.0966. The average Bonchev–Trinajstić information content (AvgIpc) is 2.13. The molecule has 1 aromatic rings. The first-order valence-corrected chi connectivity index (χ1v) is 5.17. The number of ketones is 1. The maximum Gasteiger partial charge on any atom is 0.289 e. The van der Waals surface area contributed by atoms with E-state index in [1.54, 1.807) is 6.92 Å². The lowest BCUT2D eigenvalue weighted by molar-refractivity contribution is -0.120. The lowest BCUT2D eigenvalue weighted by Crippen LogP contribution is -2.29. The van der Waals surface area contributed by atoms with Gasteiger partial charge in [0.25, 0.3) is 5.56 Å². The molecule has 15 heavy (non-hydrogen) atoms. The summed E-state index contributed by atoms with van der Waals surface area (Å²) >= 11 is 11.2. The molecule has 1 aromatic heterocycles. The fourth-order valence-corrected chi connectivity index (χ4v) is 1.78. The van der Waals surface area contributed by atoms with E-state index in [0.29, 0.717) is 6.42 Å². The first kappa shape index (κ1) is 12.2. The Morgan fingerprint density at radius 3 is 2.67 bits per heavy atom. The summed E-state index contributed by atoms with van der Waals surface area (Å²) in [5.74, 6) is -0.113. The smallest absolute Gasteiger partial charge is 0.289 e. The Balaban J connectivity index is 3.35. The van der Waals surface area contributed by atoms with Gasteiger partial charge in [-0.2, -0.15) is 0 Å². The molecule has 0 aliphatic carbocycles. The number of hydrogen-bond donors (Lipinski definition) is 0. The van der Waals surface area contributed by atoms with Crippen molar-refractivity contribution in [3.8, 4) is 0 Å². The normalized spacial score (nSPS) is 12.5. The number of carbonyl (C=O) groups is 1. The largest absolute Gasteiger partial charge is 0.299 e. The molecule has 1 heterocycles. The van der Waals surface area contributed by atoms with E-state index >= 15 is 0 Å². The van der Waals surface area contributed by atoms with Crippen LogP contribution in [0, 0.1) is 0 Å². The van der Waals surface area contributed by atoms with Crippen LogP contribution in [0.2, 0.25) is 10.3 Å². The summed E-state index contributed by atoms with van der Waals surface area (Å²) in [7, 11) is 0. The van der Waals surface area contributed by atoms with Crippen molar-refractivity contribution in [2.45, 2.75) is 26.3 Å². The number of carbonyl (C=O) groups excluding carboxylic acids is 1. The van der Waals surface area contributed by atoms with Gasteiger partial charge in [0.1, 0.15) is 5.15 Å². The molecule has 0 N–H and O–H groups in total. The van der Waals surface area contributed by atoms with Crippen LogP contribution in [-0.2, 0) is 4.79 Å². The number of hydrogen-bond acceptors (Lipinski definition) is 3. The molecule has 0 radical (unpaired) electrons. The number of halogens is 2. The first-order valence-electron chi connectivity index (χ1n) is 4.42. The number of nitrogens with zero attached hydrogens (tertiary/aromatic N) is 2. The van der Waals surface area contributed by atoms with E-state index < -0.39 is 11.6 Å². The lowest BCUT2D eigenvalue weighted by Gasteiger charge is -2.14. The van der Waals surface area contributed by atoms with Crippen molar-refractivity contribution in [1.82, 2.24) is 9.55 Å². The van der Waals surface area contributed by atoms with Crippen LogP contribution in [0.4, 0.5) is 0 Å². The van der Waals surface area contributed by atoms with Crippen molar-refractivity contribution in [2.75, 3.05) is 0 Å². The van der Waals surface area contributed by atoms with Crippen LogP contribution in [0.3, 0.4) is 0 Å². The van der Waals surface area contributed by atoms with Gasteiger partial charge in [0, 0.05) is 6.20 Å². The van der Waals surface area contributed by atoms with Crippen LogP contribution in [0.5, 0.6) is 0 Å². The van der Waals surface area contributed by atoms with Gasteiger partial charge in [0.05, 0.1) is 6.04 Å². The molecule has 0 amide bonds. The third-order valence-electron chi connectivity index (χ3n) is 2.05. The Morgan fingerprint density at radius 1 is 1.60 bits per heavy atom. The highest BCUT2D eigenvalue weighted by atomic mass is 35.5. The second-order valence-corrected chi connectivity index (χ2v) is 3.85. The van der Waals surface area contributed by atoms with Crippen LogP contribution in [0.1, 0.15) is 26.3 Å². The SMILES string of the molecule is CCC(C(C)=O)n1cc(Cl)nc(Cl)c1=O. The molecule has 0 saturated heterocycles. The minimum Gasteiger partial charge on any atom is -0.299 e. The van der Waals surface area contributed by atoms with Gasteiger partial charge in [-0.05, 0) is 13.3 Å². The Hall–Kier alpha value is -0.870. The zero-order chi connectivity index (χ0) is 11.6. The van der Waals surface area contributed by atoms with Gasteiger partial charge in [-0.3, -0.25) is 14.2 Å². The molecule has 1 atom stereocenters. The van der Waals surface area contributed by atoms with E-state index in [-0.39, 0.29) is 16.1 Å². The molecule has 0 spiro atoms. The van der Waals surface area contributed by atoms with E-state index in [1.807, 2.05) is 0 Å². The molecule has 1 rings (SSSR count). The second-order valence-electron chi connectivity index (χ2n) is 3.10. The summed E-state index contributed by atoms with van der Waals surface area (Å²) in [6.45, 7) is 3.23. The van der Waals surface area contributed by atoms with E-state index in [1.165, 1.54) is 17.7 Å². The van der Waals surface area contributed by atoms with Crippen molar-refractivity contribution in [3.05, 3.63) is 26.9 Å². The predicted octanol–water partition coefficient (Wildman–Crippen LogP) is 2.09. The van der Waals surface area contributed by atoms with Gasteiger partial charge in [0.15, 0.2) is 10.9 Å². The fraction of sp³-hybridized carbons (Fsp3) is 0.444. The summed E-state index contributed by atoms with van der Waals surface area (Å²) in [5, 5.41) is -0.124. The maximum atomic E-state index is 11.6.